The van der Waals surface area contributed by atoms with Crippen LogP contribution >= 0.6 is 11.8 Å². The van der Waals surface area contributed by atoms with Crippen LogP contribution in [0.3, 0.4) is 0 Å². The second-order valence-corrected chi connectivity index (χ2v) is 6.10. The molecule has 1 N–H and O–H groups in total. The molecule has 110 valence electrons. The number of benzene rings is 2. The van der Waals surface area contributed by atoms with Gasteiger partial charge in [-0.25, -0.2) is 4.79 Å². The zero-order chi connectivity index (χ0) is 15.3. The molecule has 0 radical (unpaired) electrons. The van der Waals surface area contributed by atoms with Crippen LogP contribution in [0.25, 0.3) is 16.6 Å². The average molecular weight is 312 g/mol. The third kappa shape index (κ3) is 1.71. The van der Waals surface area contributed by atoms with Crippen LogP contribution in [-0.4, -0.2) is 20.8 Å². The van der Waals surface area contributed by atoms with Gasteiger partial charge in [-0.15, -0.1) is 0 Å². The molecule has 0 amide bonds. The van der Waals surface area contributed by atoms with E-state index in [0.717, 1.165) is 20.0 Å². The van der Waals surface area contributed by atoms with Crippen molar-refractivity contribution < 1.29 is 5.11 Å². The van der Waals surface area contributed by atoms with Gasteiger partial charge in [0.25, 0.3) is 5.56 Å². The van der Waals surface area contributed by atoms with Gasteiger partial charge in [0.1, 0.15) is 0 Å². The molecule has 1 aromatic heterocycles. The van der Waals surface area contributed by atoms with E-state index < -0.39 is 5.69 Å². The number of hydrogen-bond acceptors (Lipinski definition) is 4. The van der Waals surface area contributed by atoms with Gasteiger partial charge in [0.2, 0.25) is 0 Å². The summed E-state index contributed by atoms with van der Waals surface area (Å²) in [6.45, 7) is -0.260. The van der Waals surface area contributed by atoms with Gasteiger partial charge in [-0.2, -0.15) is 0 Å². The molecule has 2 heterocycles. The highest BCUT2D eigenvalue weighted by molar-refractivity contribution is 7.99. The molecule has 0 bridgehead atoms. The molecule has 0 fully saturated rings. The zero-order valence-electron chi connectivity index (χ0n) is 11.5. The van der Waals surface area contributed by atoms with E-state index in [1.54, 1.807) is 22.4 Å². The van der Waals surface area contributed by atoms with Crippen molar-refractivity contribution in [3.8, 4) is 5.69 Å². The summed E-state index contributed by atoms with van der Waals surface area (Å²) in [5.41, 5.74) is 0.655. The lowest BCUT2D eigenvalue weighted by Gasteiger charge is -2.22. The molecule has 0 spiro atoms. The third-order valence-corrected chi connectivity index (χ3v) is 4.88. The Labute approximate surface area is 129 Å². The molecule has 0 saturated heterocycles. The van der Waals surface area contributed by atoms with Crippen molar-refractivity contribution in [3.05, 3.63) is 63.3 Å². The van der Waals surface area contributed by atoms with Crippen LogP contribution in [0.1, 0.15) is 0 Å². The highest BCUT2D eigenvalue weighted by atomic mass is 32.2. The van der Waals surface area contributed by atoms with Crippen molar-refractivity contribution in [1.29, 1.82) is 0 Å². The van der Waals surface area contributed by atoms with E-state index in [0.29, 0.717) is 10.9 Å². The van der Waals surface area contributed by atoms with E-state index in [-0.39, 0.29) is 18.7 Å². The molecule has 0 atom stereocenters. The van der Waals surface area contributed by atoms with Gasteiger partial charge in [-0.1, -0.05) is 30.0 Å². The van der Waals surface area contributed by atoms with Gasteiger partial charge >= 0.3 is 5.69 Å². The normalized spacial score (nSPS) is 12.4. The Hall–Kier alpha value is -2.31. The molecular weight excluding hydrogens is 300 g/mol. The Kier molecular flexibility index (Phi) is 2.95. The van der Waals surface area contributed by atoms with E-state index in [4.69, 9.17) is 5.11 Å². The fourth-order valence-corrected chi connectivity index (χ4v) is 3.92. The lowest BCUT2D eigenvalue weighted by molar-refractivity contribution is 0.271. The van der Waals surface area contributed by atoms with Crippen LogP contribution in [-0.2, 0) is 6.54 Å². The van der Waals surface area contributed by atoms with Crippen molar-refractivity contribution >= 4 is 22.7 Å². The number of nitrogens with zero attached hydrogens (tertiary/aromatic N) is 2. The number of aliphatic hydroxyl groups is 1. The van der Waals surface area contributed by atoms with E-state index in [2.05, 4.69) is 0 Å². The maximum atomic E-state index is 12.8. The smallest absolute Gasteiger partial charge is 0.336 e. The SMILES string of the molecule is O=c1c2cccc3c2n(c(=O)n1CCO)-c1ccccc1S3. The van der Waals surface area contributed by atoms with Gasteiger partial charge in [-0.05, 0) is 24.3 Å². The summed E-state index contributed by atoms with van der Waals surface area (Å²) in [7, 11) is 0. The van der Waals surface area contributed by atoms with E-state index in [1.807, 2.05) is 36.4 Å². The summed E-state index contributed by atoms with van der Waals surface area (Å²) < 4.78 is 2.67. The van der Waals surface area contributed by atoms with Crippen LogP contribution < -0.4 is 11.2 Å². The monoisotopic (exact) mass is 312 g/mol. The first-order chi connectivity index (χ1) is 10.7. The zero-order valence-corrected chi connectivity index (χ0v) is 12.3. The van der Waals surface area contributed by atoms with Crippen molar-refractivity contribution in [1.82, 2.24) is 9.13 Å². The average Bonchev–Trinajstić information content (AvgIpc) is 2.55. The van der Waals surface area contributed by atoms with Crippen molar-refractivity contribution in [3.63, 3.8) is 0 Å². The molecular formula is C16H12N2O3S. The molecule has 0 saturated carbocycles. The van der Waals surface area contributed by atoms with Gasteiger partial charge in [-0.3, -0.25) is 13.9 Å². The van der Waals surface area contributed by atoms with Crippen LogP contribution in [0.5, 0.6) is 0 Å². The maximum absolute atomic E-state index is 12.8. The van der Waals surface area contributed by atoms with Crippen molar-refractivity contribution in [2.24, 2.45) is 0 Å². The Morgan fingerprint density at radius 3 is 2.59 bits per heavy atom. The second-order valence-electron chi connectivity index (χ2n) is 5.02. The highest BCUT2D eigenvalue weighted by Crippen LogP contribution is 2.40. The molecule has 4 rings (SSSR count). The summed E-state index contributed by atoms with van der Waals surface area (Å²) in [4.78, 5) is 27.2. The number of hydrogen-bond donors (Lipinski definition) is 1. The molecule has 5 nitrogen and oxygen atoms in total. The number of rotatable bonds is 2. The topological polar surface area (TPSA) is 64.2 Å². The van der Waals surface area contributed by atoms with E-state index in [9.17, 15) is 9.59 Å². The van der Waals surface area contributed by atoms with Crippen LogP contribution in [0.4, 0.5) is 0 Å². The standard InChI is InChI=1S/C16H12N2O3S/c19-9-8-17-15(20)10-4-3-7-13-14(10)18(16(17)21)11-5-1-2-6-12(11)22-13/h1-7,19H,8-9H2. The summed E-state index contributed by atoms with van der Waals surface area (Å²) >= 11 is 1.55. The van der Waals surface area contributed by atoms with Gasteiger partial charge in [0.15, 0.2) is 0 Å². The first kappa shape index (κ1) is 13.4. The molecule has 3 aromatic rings. The number of aliphatic hydroxyl groups excluding tert-OH is 1. The van der Waals surface area contributed by atoms with E-state index >= 15 is 0 Å². The Bertz CT molecular complexity index is 1020. The highest BCUT2D eigenvalue weighted by Gasteiger charge is 2.23. The summed E-state index contributed by atoms with van der Waals surface area (Å²) in [5, 5.41) is 9.65. The minimum atomic E-state index is -0.410. The molecule has 1 aliphatic heterocycles. The van der Waals surface area contributed by atoms with Gasteiger partial charge in [0, 0.05) is 9.79 Å². The predicted molar refractivity (Wildman–Crippen MR) is 85.0 cm³/mol. The van der Waals surface area contributed by atoms with Gasteiger partial charge in [0.05, 0.1) is 29.7 Å². The molecule has 1 aliphatic rings. The van der Waals surface area contributed by atoms with Gasteiger partial charge < -0.3 is 5.11 Å². The number of para-hydroxylation sites is 2. The molecule has 2 aromatic carbocycles. The Morgan fingerprint density at radius 1 is 1.00 bits per heavy atom. The summed E-state index contributed by atoms with van der Waals surface area (Å²) in [6.07, 6.45) is 0. The first-order valence-electron chi connectivity index (χ1n) is 6.89. The fraction of sp³-hybridized carbons (Fsp3) is 0.125. The lowest BCUT2D eigenvalue weighted by atomic mass is 10.2. The second kappa shape index (κ2) is 4.86. The molecule has 22 heavy (non-hydrogen) atoms. The third-order valence-electron chi connectivity index (χ3n) is 3.77. The molecule has 0 unspecified atom stereocenters. The molecule has 6 heteroatoms. The van der Waals surface area contributed by atoms with E-state index in [1.165, 1.54) is 0 Å². The number of fused-ring (bicyclic) bond motifs is 2. The van der Waals surface area contributed by atoms with Crippen LogP contribution in [0.2, 0.25) is 0 Å². The van der Waals surface area contributed by atoms with Crippen molar-refractivity contribution in [2.75, 3.05) is 6.61 Å². The Balaban J connectivity index is 2.26. The van der Waals surface area contributed by atoms with Crippen molar-refractivity contribution in [2.45, 2.75) is 16.3 Å². The lowest BCUT2D eigenvalue weighted by Crippen LogP contribution is -2.41. The quantitative estimate of drug-likeness (QED) is 0.611. The first-order valence-corrected chi connectivity index (χ1v) is 7.70. The summed E-state index contributed by atoms with van der Waals surface area (Å²) in [5.74, 6) is 0. The Morgan fingerprint density at radius 2 is 1.77 bits per heavy atom. The van der Waals surface area contributed by atoms with Crippen LogP contribution in [0.15, 0.2) is 61.8 Å². The van der Waals surface area contributed by atoms with Crippen LogP contribution in [0, 0.1) is 0 Å². The maximum Gasteiger partial charge on any atom is 0.336 e. The fourth-order valence-electron chi connectivity index (χ4n) is 2.82. The minimum Gasteiger partial charge on any atom is -0.395 e. The number of aromatic nitrogens is 2. The molecule has 0 aliphatic carbocycles. The predicted octanol–water partition coefficient (Wildman–Crippen LogP) is 1.61. The minimum absolute atomic E-state index is 0.00680. The summed E-state index contributed by atoms with van der Waals surface area (Å²) in [6, 6.07) is 13.1. The largest absolute Gasteiger partial charge is 0.395 e.